The van der Waals surface area contributed by atoms with Gasteiger partial charge in [0.15, 0.2) is 0 Å². The molecule has 1 rings (SSSR count). The third kappa shape index (κ3) is 7.47. The average molecular weight is 334 g/mol. The Kier molecular flexibility index (Phi) is 11.0. The summed E-state index contributed by atoms with van der Waals surface area (Å²) in [6, 6.07) is 8.76. The van der Waals surface area contributed by atoms with E-state index in [0.29, 0.717) is 0 Å². The van der Waals surface area contributed by atoms with E-state index in [1.54, 1.807) is 0 Å². The van der Waals surface area contributed by atoms with Crippen LogP contribution in [0.4, 0.5) is 0 Å². The van der Waals surface area contributed by atoms with Crippen molar-refractivity contribution in [3.63, 3.8) is 0 Å². The Bertz CT molecular complexity index is 427. The highest BCUT2D eigenvalue weighted by Gasteiger charge is 2.20. The summed E-state index contributed by atoms with van der Waals surface area (Å²) in [4.78, 5) is 2.68. The van der Waals surface area contributed by atoms with E-state index in [4.69, 9.17) is 4.74 Å². The van der Waals surface area contributed by atoms with Crippen molar-refractivity contribution >= 4 is 20.1 Å². The molecule has 0 amide bonds. The van der Waals surface area contributed by atoms with E-state index in [-0.39, 0.29) is 0 Å². The van der Waals surface area contributed by atoms with Gasteiger partial charge in [0.05, 0.1) is 0 Å². The fourth-order valence-electron chi connectivity index (χ4n) is 2.94. The normalized spacial score (nSPS) is 12.5. The van der Waals surface area contributed by atoms with Crippen LogP contribution >= 0.6 is 0 Å². The Labute approximate surface area is 145 Å². The number of ether oxygens (including phenoxy) is 1. The molecule has 0 bridgehead atoms. The molecule has 2 nitrogen and oxygen atoms in total. The maximum Gasteiger partial charge on any atom is 0.115 e. The molecule has 0 aliphatic heterocycles. The van der Waals surface area contributed by atoms with Gasteiger partial charge in [0, 0.05) is 12.8 Å². The van der Waals surface area contributed by atoms with Gasteiger partial charge >= 0.3 is 0 Å². The van der Waals surface area contributed by atoms with E-state index < -0.39 is 8.80 Å². The summed E-state index contributed by atoms with van der Waals surface area (Å²) in [5, 5.41) is 1.51. The van der Waals surface area contributed by atoms with Crippen molar-refractivity contribution in [3.05, 3.63) is 36.4 Å². The van der Waals surface area contributed by atoms with Crippen LogP contribution in [0.15, 0.2) is 30.8 Å². The molecule has 0 aliphatic carbocycles. The molecule has 0 saturated carbocycles. The lowest BCUT2D eigenvalue weighted by molar-refractivity contribution is 0.188. The maximum absolute atomic E-state index is 5.86. The predicted octanol–water partition coefficient (Wildman–Crippen LogP) is 3.78. The van der Waals surface area contributed by atoms with Crippen LogP contribution in [-0.4, -0.2) is 45.8 Å². The van der Waals surface area contributed by atoms with Gasteiger partial charge in [-0.1, -0.05) is 68.8 Å². The lowest BCUT2D eigenvalue weighted by Crippen LogP contribution is -2.48. The third-order valence-corrected chi connectivity index (χ3v) is 7.31. The molecule has 3 heteroatoms. The molecule has 130 valence electrons. The first-order chi connectivity index (χ1) is 11.3. The minimum Gasteiger partial charge on any atom is -0.385 e. The smallest absolute Gasteiger partial charge is 0.115 e. The van der Waals surface area contributed by atoms with E-state index in [0.717, 1.165) is 12.8 Å². The molecular formula is C20H35NOSi. The molecule has 1 aromatic carbocycles. The molecule has 0 saturated heterocycles. The minimum absolute atomic E-state index is 0.809. The standard InChI is InChI=1S/C20H35NOSi/c1-5-9-15-21(16-10-6-2)17-23(18-22-8-4)20-14-12-11-13-19(20)7-3/h7,11-14,23H,3,5-6,8-10,15-18H2,1-2,4H3. The van der Waals surface area contributed by atoms with Crippen molar-refractivity contribution in [2.45, 2.75) is 46.5 Å². The Morgan fingerprint density at radius 1 is 1.09 bits per heavy atom. The van der Waals surface area contributed by atoms with E-state index in [1.165, 1.54) is 55.7 Å². The number of benzene rings is 1. The fraction of sp³-hybridized carbons (Fsp3) is 0.600. The second-order valence-electron chi connectivity index (χ2n) is 6.20. The molecule has 0 spiro atoms. The van der Waals surface area contributed by atoms with Gasteiger partial charge in [-0.2, -0.15) is 0 Å². The van der Waals surface area contributed by atoms with Crippen LogP contribution in [0.1, 0.15) is 52.0 Å². The van der Waals surface area contributed by atoms with Gasteiger partial charge in [0.1, 0.15) is 8.80 Å². The Morgan fingerprint density at radius 2 is 1.74 bits per heavy atom. The van der Waals surface area contributed by atoms with Crippen LogP contribution < -0.4 is 5.19 Å². The fourth-order valence-corrected chi connectivity index (χ4v) is 6.00. The van der Waals surface area contributed by atoms with Crippen LogP contribution in [0.25, 0.3) is 6.08 Å². The van der Waals surface area contributed by atoms with Crippen LogP contribution in [0.3, 0.4) is 0 Å². The van der Waals surface area contributed by atoms with Crippen molar-refractivity contribution in [2.75, 3.05) is 32.1 Å². The van der Waals surface area contributed by atoms with Crippen molar-refractivity contribution in [2.24, 2.45) is 0 Å². The topological polar surface area (TPSA) is 12.5 Å². The summed E-state index contributed by atoms with van der Waals surface area (Å²) in [7, 11) is -1.18. The first kappa shape index (κ1) is 20.1. The van der Waals surface area contributed by atoms with Crippen LogP contribution in [0.5, 0.6) is 0 Å². The lowest BCUT2D eigenvalue weighted by atomic mass is 10.2. The van der Waals surface area contributed by atoms with Crippen LogP contribution in [-0.2, 0) is 4.74 Å². The zero-order chi connectivity index (χ0) is 16.9. The number of rotatable bonds is 13. The number of hydrogen-bond acceptors (Lipinski definition) is 2. The quantitative estimate of drug-likeness (QED) is 0.509. The molecule has 0 heterocycles. The Hall–Kier alpha value is -0.903. The zero-order valence-electron chi connectivity index (χ0n) is 15.4. The highest BCUT2D eigenvalue weighted by molar-refractivity contribution is 6.74. The molecule has 0 fully saturated rings. The number of nitrogens with zero attached hydrogens (tertiary/aromatic N) is 1. The largest absolute Gasteiger partial charge is 0.385 e. The van der Waals surface area contributed by atoms with Gasteiger partial charge in [-0.3, -0.25) is 0 Å². The summed E-state index contributed by atoms with van der Waals surface area (Å²) in [5.74, 6) is 0. The van der Waals surface area contributed by atoms with Gasteiger partial charge in [0.2, 0.25) is 0 Å². The van der Waals surface area contributed by atoms with E-state index in [2.05, 4.69) is 56.5 Å². The average Bonchev–Trinajstić information content (AvgIpc) is 2.60. The molecule has 0 aliphatic rings. The first-order valence-corrected chi connectivity index (χ1v) is 11.5. The van der Waals surface area contributed by atoms with Crippen LogP contribution in [0, 0.1) is 0 Å². The lowest BCUT2D eigenvalue weighted by Gasteiger charge is -2.27. The van der Waals surface area contributed by atoms with Crippen molar-refractivity contribution in [3.8, 4) is 0 Å². The molecule has 0 aromatic heterocycles. The first-order valence-electron chi connectivity index (χ1n) is 9.28. The summed E-state index contributed by atoms with van der Waals surface area (Å²) in [6.07, 6.45) is 9.27. The SMILES string of the molecule is C=Cc1ccccc1[SiH](COCC)CN(CCCC)CCCC. The second-order valence-corrected chi connectivity index (χ2v) is 8.91. The van der Waals surface area contributed by atoms with E-state index in [9.17, 15) is 0 Å². The summed E-state index contributed by atoms with van der Waals surface area (Å²) < 4.78 is 5.86. The van der Waals surface area contributed by atoms with Crippen molar-refractivity contribution in [1.82, 2.24) is 4.90 Å². The monoisotopic (exact) mass is 333 g/mol. The molecule has 0 radical (unpaired) electrons. The Balaban J connectivity index is 2.87. The molecule has 1 unspecified atom stereocenters. The zero-order valence-corrected chi connectivity index (χ0v) is 16.5. The summed E-state index contributed by atoms with van der Waals surface area (Å²) >= 11 is 0. The molecular weight excluding hydrogens is 298 g/mol. The van der Waals surface area contributed by atoms with Crippen molar-refractivity contribution < 1.29 is 4.74 Å². The highest BCUT2D eigenvalue weighted by atomic mass is 28.3. The van der Waals surface area contributed by atoms with Crippen molar-refractivity contribution in [1.29, 1.82) is 0 Å². The van der Waals surface area contributed by atoms with Gasteiger partial charge in [0.25, 0.3) is 0 Å². The molecule has 0 N–H and O–H groups in total. The minimum atomic E-state index is -1.18. The van der Waals surface area contributed by atoms with E-state index in [1.807, 2.05) is 6.08 Å². The highest BCUT2D eigenvalue weighted by Crippen LogP contribution is 2.05. The number of unbranched alkanes of at least 4 members (excludes halogenated alkanes) is 2. The number of hydrogen-bond donors (Lipinski definition) is 0. The molecule has 1 aromatic rings. The van der Waals surface area contributed by atoms with Crippen LogP contribution in [0.2, 0.25) is 0 Å². The second kappa shape index (κ2) is 12.5. The van der Waals surface area contributed by atoms with Gasteiger partial charge in [-0.15, -0.1) is 0 Å². The Morgan fingerprint density at radius 3 is 2.30 bits per heavy atom. The summed E-state index contributed by atoms with van der Waals surface area (Å²) in [5.41, 5.74) is 1.30. The van der Waals surface area contributed by atoms with Gasteiger partial charge in [-0.25, -0.2) is 0 Å². The van der Waals surface area contributed by atoms with Gasteiger partial charge < -0.3 is 9.64 Å². The summed E-state index contributed by atoms with van der Waals surface area (Å²) in [6.45, 7) is 13.9. The molecule has 23 heavy (non-hydrogen) atoms. The van der Waals surface area contributed by atoms with Gasteiger partial charge in [-0.05, 0) is 44.6 Å². The third-order valence-electron chi connectivity index (χ3n) is 4.31. The molecule has 1 atom stereocenters. The van der Waals surface area contributed by atoms with E-state index >= 15 is 0 Å². The maximum atomic E-state index is 5.86. The predicted molar refractivity (Wildman–Crippen MR) is 106 cm³/mol.